The molecule has 4 aromatic rings. The Morgan fingerprint density at radius 2 is 2.00 bits per heavy atom. The van der Waals surface area contributed by atoms with Crippen molar-refractivity contribution in [3.63, 3.8) is 0 Å². The van der Waals surface area contributed by atoms with Gasteiger partial charge in [-0.2, -0.15) is 0 Å². The molecule has 6 nitrogen and oxygen atoms in total. The summed E-state index contributed by atoms with van der Waals surface area (Å²) in [7, 11) is 0. The monoisotopic (exact) mass is 452 g/mol. The molecule has 8 heteroatoms. The van der Waals surface area contributed by atoms with Crippen molar-refractivity contribution in [2.45, 2.75) is 19.6 Å². The molecule has 0 saturated heterocycles. The molecule has 0 amide bonds. The number of ether oxygens (including phenoxy) is 2. The van der Waals surface area contributed by atoms with E-state index in [0.717, 1.165) is 33.5 Å². The van der Waals surface area contributed by atoms with Crippen LogP contribution in [0.25, 0.3) is 15.9 Å². The lowest BCUT2D eigenvalue weighted by Gasteiger charge is -2.08. The Morgan fingerprint density at radius 1 is 1.10 bits per heavy atom. The number of fused-ring (bicyclic) bond motifs is 2. The number of hydrogen-bond acceptors (Lipinski definition) is 5. The average molecular weight is 453 g/mol. The first-order chi connectivity index (χ1) is 15.2. The largest absolute Gasteiger partial charge is 0.493 e. The molecule has 0 N–H and O–H groups in total. The van der Waals surface area contributed by atoms with Gasteiger partial charge < -0.3 is 9.47 Å². The molecule has 0 aliphatic carbocycles. The molecule has 31 heavy (non-hydrogen) atoms. The summed E-state index contributed by atoms with van der Waals surface area (Å²) in [6.45, 7) is 1.35. The van der Waals surface area contributed by atoms with E-state index in [1.165, 1.54) is 0 Å². The molecular formula is C23H18Cl2N4O2. The summed E-state index contributed by atoms with van der Waals surface area (Å²) in [5.74, 6) is 1.45. The summed E-state index contributed by atoms with van der Waals surface area (Å²) in [4.78, 5) is 4.41. The lowest BCUT2D eigenvalue weighted by Crippen LogP contribution is -2.05. The molecule has 0 unspecified atom stereocenters. The molecule has 0 saturated carbocycles. The summed E-state index contributed by atoms with van der Waals surface area (Å²) in [5.41, 5.74) is 3.36. The Kier molecular flexibility index (Phi) is 5.49. The zero-order chi connectivity index (χ0) is 21.2. The number of para-hydroxylation sites is 1. The topological polar surface area (TPSA) is 62.1 Å². The van der Waals surface area contributed by atoms with Crippen LogP contribution in [0.1, 0.15) is 17.7 Å². The second-order valence-electron chi connectivity index (χ2n) is 7.18. The third kappa shape index (κ3) is 4.22. The molecule has 1 aliphatic rings. The molecular weight excluding hydrogens is 435 g/mol. The maximum atomic E-state index is 6.69. The maximum absolute atomic E-state index is 6.69. The highest BCUT2D eigenvalue weighted by molar-refractivity contribution is 6.49. The zero-order valence-corrected chi connectivity index (χ0v) is 18.0. The van der Waals surface area contributed by atoms with Gasteiger partial charge in [0, 0.05) is 28.6 Å². The van der Waals surface area contributed by atoms with Gasteiger partial charge in [-0.15, -0.1) is 5.10 Å². The number of pyridine rings is 1. The molecule has 156 valence electrons. The Labute approximate surface area is 189 Å². The molecule has 2 aromatic heterocycles. The van der Waals surface area contributed by atoms with Gasteiger partial charge >= 0.3 is 0 Å². The van der Waals surface area contributed by atoms with E-state index in [2.05, 4.69) is 15.3 Å². The first-order valence-corrected chi connectivity index (χ1v) is 10.6. The quantitative estimate of drug-likeness (QED) is 0.400. The van der Waals surface area contributed by atoms with Crippen LogP contribution in [0.4, 0.5) is 0 Å². The van der Waals surface area contributed by atoms with Crippen LogP contribution in [0.2, 0.25) is 5.02 Å². The van der Waals surface area contributed by atoms with Gasteiger partial charge in [-0.1, -0.05) is 46.6 Å². The van der Waals surface area contributed by atoms with E-state index >= 15 is 0 Å². The van der Waals surface area contributed by atoms with E-state index in [1.54, 1.807) is 16.9 Å². The molecule has 5 rings (SSSR count). The van der Waals surface area contributed by atoms with E-state index in [-0.39, 0.29) is 0 Å². The highest BCUT2D eigenvalue weighted by Crippen LogP contribution is 2.37. The molecule has 0 spiro atoms. The first-order valence-electron chi connectivity index (χ1n) is 9.83. The van der Waals surface area contributed by atoms with Gasteiger partial charge in [0.1, 0.15) is 29.3 Å². The fourth-order valence-corrected chi connectivity index (χ4v) is 4.03. The molecule has 0 radical (unpaired) electrons. The van der Waals surface area contributed by atoms with Crippen LogP contribution in [-0.2, 0) is 13.2 Å². The van der Waals surface area contributed by atoms with Crippen LogP contribution in [0.3, 0.4) is 0 Å². The van der Waals surface area contributed by atoms with Crippen molar-refractivity contribution in [1.82, 2.24) is 20.0 Å². The summed E-state index contributed by atoms with van der Waals surface area (Å²) in [6, 6.07) is 15.2. The summed E-state index contributed by atoms with van der Waals surface area (Å²) in [6.07, 6.45) is 4.31. The number of halogens is 2. The standard InChI is InChI=1S/C23H18Cl2N4O2/c24-17-6-7-20-19(11-17)22(25)16(8-10-30-20)12-29-13-18(27-28-29)14-31-21-5-1-3-15-4-2-9-26-23(15)21/h1-7,9,11,13H,8,10,12,14H2. The predicted molar refractivity (Wildman–Crippen MR) is 120 cm³/mol. The smallest absolute Gasteiger partial charge is 0.146 e. The van der Waals surface area contributed by atoms with Crippen LogP contribution in [-0.4, -0.2) is 26.6 Å². The Bertz CT molecular complexity index is 1280. The van der Waals surface area contributed by atoms with Crippen LogP contribution in [0.15, 0.2) is 66.5 Å². The van der Waals surface area contributed by atoms with Crippen LogP contribution in [0, 0.1) is 0 Å². The van der Waals surface area contributed by atoms with E-state index in [4.69, 9.17) is 32.7 Å². The summed E-state index contributed by atoms with van der Waals surface area (Å²) in [5, 5.41) is 10.8. The molecule has 0 fully saturated rings. The molecule has 3 heterocycles. The molecule has 0 atom stereocenters. The van der Waals surface area contributed by atoms with Gasteiger partial charge in [0.05, 0.1) is 24.4 Å². The van der Waals surface area contributed by atoms with Crippen LogP contribution in [0.5, 0.6) is 11.5 Å². The van der Waals surface area contributed by atoms with Crippen molar-refractivity contribution in [3.05, 3.63) is 82.8 Å². The SMILES string of the molecule is ClC1=C(Cn2cc(COc3cccc4cccnc34)nn2)CCOc2ccc(Cl)cc21. The third-order valence-electron chi connectivity index (χ3n) is 5.06. The predicted octanol–water partition coefficient (Wildman–Crippen LogP) is 5.49. The van der Waals surface area contributed by atoms with Gasteiger partial charge in [0.25, 0.3) is 0 Å². The molecule has 0 bridgehead atoms. The highest BCUT2D eigenvalue weighted by Gasteiger charge is 2.18. The number of benzene rings is 2. The fourth-order valence-electron chi connectivity index (χ4n) is 3.55. The fraction of sp³-hybridized carbons (Fsp3) is 0.174. The van der Waals surface area contributed by atoms with Gasteiger partial charge in [-0.3, -0.25) is 4.98 Å². The second kappa shape index (κ2) is 8.57. The Hall–Kier alpha value is -3.09. The Morgan fingerprint density at radius 3 is 2.94 bits per heavy atom. The van der Waals surface area contributed by atoms with Crippen molar-refractivity contribution < 1.29 is 9.47 Å². The number of nitrogens with zero attached hydrogens (tertiary/aromatic N) is 4. The summed E-state index contributed by atoms with van der Waals surface area (Å²) >= 11 is 12.8. The number of rotatable bonds is 5. The minimum atomic E-state index is 0.296. The maximum Gasteiger partial charge on any atom is 0.146 e. The van der Waals surface area contributed by atoms with Gasteiger partial charge in [-0.25, -0.2) is 4.68 Å². The normalized spacial score (nSPS) is 13.6. The Balaban J connectivity index is 1.32. The van der Waals surface area contributed by atoms with Crippen LogP contribution >= 0.6 is 23.2 Å². The van der Waals surface area contributed by atoms with Crippen molar-refractivity contribution in [2.75, 3.05) is 6.61 Å². The van der Waals surface area contributed by atoms with E-state index in [0.29, 0.717) is 42.0 Å². The minimum Gasteiger partial charge on any atom is -0.493 e. The lowest BCUT2D eigenvalue weighted by molar-refractivity contribution is 0.304. The van der Waals surface area contributed by atoms with Gasteiger partial charge in [0.2, 0.25) is 0 Å². The highest BCUT2D eigenvalue weighted by atomic mass is 35.5. The van der Waals surface area contributed by atoms with Crippen molar-refractivity contribution >= 4 is 39.1 Å². The van der Waals surface area contributed by atoms with Crippen molar-refractivity contribution in [3.8, 4) is 11.5 Å². The van der Waals surface area contributed by atoms with Crippen molar-refractivity contribution in [1.29, 1.82) is 0 Å². The molecule has 2 aromatic carbocycles. The van der Waals surface area contributed by atoms with Crippen LogP contribution < -0.4 is 9.47 Å². The zero-order valence-electron chi connectivity index (χ0n) is 16.5. The van der Waals surface area contributed by atoms with E-state index < -0.39 is 0 Å². The lowest BCUT2D eigenvalue weighted by atomic mass is 10.1. The van der Waals surface area contributed by atoms with Gasteiger partial charge in [0.15, 0.2) is 0 Å². The van der Waals surface area contributed by atoms with E-state index in [9.17, 15) is 0 Å². The summed E-state index contributed by atoms with van der Waals surface area (Å²) < 4.78 is 13.5. The van der Waals surface area contributed by atoms with Gasteiger partial charge in [-0.05, 0) is 35.9 Å². The third-order valence-corrected chi connectivity index (χ3v) is 5.77. The van der Waals surface area contributed by atoms with E-state index in [1.807, 2.05) is 48.7 Å². The minimum absolute atomic E-state index is 0.296. The average Bonchev–Trinajstić information content (AvgIpc) is 3.18. The second-order valence-corrected chi connectivity index (χ2v) is 8.00. The van der Waals surface area contributed by atoms with Crippen molar-refractivity contribution in [2.24, 2.45) is 0 Å². The molecule has 1 aliphatic heterocycles. The number of aromatic nitrogens is 4. The number of hydrogen-bond donors (Lipinski definition) is 0. The first kappa shape index (κ1) is 19.8.